The largest absolute Gasteiger partial charge is 0.490 e. The molecule has 3 aromatic rings. The molecule has 12 heteroatoms. The minimum absolute atomic E-state index is 0.0144. The van der Waals surface area contributed by atoms with Crippen LogP contribution in [0, 0.1) is 17.3 Å². The molecule has 3 aliphatic carbocycles. The van der Waals surface area contributed by atoms with Crippen LogP contribution in [0.5, 0.6) is 5.75 Å². The summed E-state index contributed by atoms with van der Waals surface area (Å²) in [6.45, 7) is 2.07. The first-order chi connectivity index (χ1) is 24.2. The summed E-state index contributed by atoms with van der Waals surface area (Å²) in [6, 6.07) is 11.6. The normalized spacial score (nSPS) is 31.9. The van der Waals surface area contributed by atoms with Crippen LogP contribution in [0.4, 0.5) is 5.69 Å². The second-order valence-electron chi connectivity index (χ2n) is 14.6. The molecule has 1 N–H and O–H groups in total. The summed E-state index contributed by atoms with van der Waals surface area (Å²) in [7, 11) is -1.65. The molecule has 2 aromatic carbocycles. The Bertz CT molecular complexity index is 1980. The van der Waals surface area contributed by atoms with Crippen LogP contribution in [0.3, 0.4) is 0 Å². The molecule has 0 radical (unpaired) electrons. The SMILES string of the molecule is CO[C@H]1/C=C/CCCS(=O)(NC(=O)CCc2cncnc2)=NC(=O)c2ccc3c(c2)N(C[C@@]2(CCCc4cc(Cl)ccc42)CO3)C[C@@]23CC2[C@@H]13. The second kappa shape index (κ2) is 13.1. The molecular weight excluding hydrogens is 674 g/mol. The molecule has 2 amide bonds. The van der Waals surface area contributed by atoms with Gasteiger partial charge in [-0.05, 0) is 109 Å². The smallest absolute Gasteiger partial charge is 0.286 e. The number of aromatic nitrogens is 2. The molecule has 1 aromatic heterocycles. The molecule has 2 spiro atoms. The van der Waals surface area contributed by atoms with Gasteiger partial charge in [-0.15, -0.1) is 4.36 Å². The van der Waals surface area contributed by atoms with E-state index in [4.69, 9.17) is 21.1 Å². The van der Waals surface area contributed by atoms with E-state index in [0.29, 0.717) is 49.0 Å². The number of rotatable bonds is 5. The van der Waals surface area contributed by atoms with Gasteiger partial charge in [0.15, 0.2) is 0 Å². The third-order valence-corrected chi connectivity index (χ3v) is 13.5. The first kappa shape index (κ1) is 33.3. The number of allylic oxidation sites excluding steroid dienone is 1. The van der Waals surface area contributed by atoms with E-state index in [0.717, 1.165) is 55.0 Å². The van der Waals surface area contributed by atoms with E-state index >= 15 is 0 Å². The summed E-state index contributed by atoms with van der Waals surface area (Å²) in [5, 5.41) is 0.744. The van der Waals surface area contributed by atoms with Gasteiger partial charge in [-0.2, -0.15) is 0 Å². The fraction of sp³-hybridized carbons (Fsp3) is 0.474. The molecule has 10 nitrogen and oxygen atoms in total. The number of aryl methyl sites for hydroxylation is 2. The summed E-state index contributed by atoms with van der Waals surface area (Å²) >= 11 is 6.45. The zero-order valence-corrected chi connectivity index (χ0v) is 29.8. The number of hydrogen-bond acceptors (Lipinski definition) is 8. The van der Waals surface area contributed by atoms with Gasteiger partial charge >= 0.3 is 0 Å². The average molecular weight is 716 g/mol. The molecule has 2 saturated carbocycles. The Balaban J connectivity index is 1.15. The number of halogens is 1. The molecule has 3 heterocycles. The van der Waals surface area contributed by atoms with Crippen LogP contribution in [0.25, 0.3) is 0 Å². The Morgan fingerprint density at radius 3 is 2.84 bits per heavy atom. The minimum Gasteiger partial charge on any atom is -0.490 e. The first-order valence-electron chi connectivity index (χ1n) is 17.5. The van der Waals surface area contributed by atoms with E-state index < -0.39 is 21.7 Å². The van der Waals surface area contributed by atoms with Gasteiger partial charge in [0.25, 0.3) is 5.91 Å². The van der Waals surface area contributed by atoms with Crippen LogP contribution in [-0.4, -0.2) is 64.7 Å². The lowest BCUT2D eigenvalue weighted by Gasteiger charge is -2.41. The number of anilines is 1. The zero-order chi connectivity index (χ0) is 34.5. The maximum Gasteiger partial charge on any atom is 0.286 e. The molecule has 5 aliphatic rings. The predicted molar refractivity (Wildman–Crippen MR) is 192 cm³/mol. The van der Waals surface area contributed by atoms with Crippen LogP contribution in [0.1, 0.15) is 65.6 Å². The topological polar surface area (TPSA) is 123 Å². The Morgan fingerprint density at radius 1 is 1.16 bits per heavy atom. The third-order valence-electron chi connectivity index (χ3n) is 11.4. The van der Waals surface area contributed by atoms with Gasteiger partial charge in [-0.1, -0.05) is 29.8 Å². The summed E-state index contributed by atoms with van der Waals surface area (Å²) in [5.41, 5.74) is 4.39. The quantitative estimate of drug-likeness (QED) is 0.325. The van der Waals surface area contributed by atoms with E-state index in [1.807, 2.05) is 18.2 Å². The molecule has 8 rings (SSSR count). The lowest BCUT2D eigenvalue weighted by molar-refractivity contribution is -0.119. The van der Waals surface area contributed by atoms with Crippen LogP contribution in [-0.2, 0) is 37.7 Å². The molecular formula is C38H42ClN5O5S. The highest BCUT2D eigenvalue weighted by Crippen LogP contribution is 2.81. The molecule has 2 aliphatic heterocycles. The van der Waals surface area contributed by atoms with E-state index in [1.54, 1.807) is 25.6 Å². The summed E-state index contributed by atoms with van der Waals surface area (Å²) in [5.74, 6) is 0.691. The number of hydrogen-bond donors (Lipinski definition) is 1. The van der Waals surface area contributed by atoms with E-state index in [9.17, 15) is 13.8 Å². The van der Waals surface area contributed by atoms with Gasteiger partial charge in [-0.3, -0.25) is 14.3 Å². The van der Waals surface area contributed by atoms with Crippen molar-refractivity contribution in [1.29, 1.82) is 0 Å². The highest BCUT2D eigenvalue weighted by Gasteiger charge is 2.80. The van der Waals surface area contributed by atoms with Crippen LogP contribution < -0.4 is 14.4 Å². The Hall–Kier alpha value is -3.80. The number of nitrogens with one attached hydrogen (secondary N) is 1. The monoisotopic (exact) mass is 715 g/mol. The molecule has 0 saturated heterocycles. The number of nitrogens with zero attached hydrogens (tertiary/aromatic N) is 4. The van der Waals surface area contributed by atoms with Crippen molar-refractivity contribution in [3.05, 3.63) is 94.5 Å². The van der Waals surface area contributed by atoms with Crippen molar-refractivity contribution in [2.24, 2.45) is 21.6 Å². The van der Waals surface area contributed by atoms with Gasteiger partial charge in [-0.25, -0.2) is 14.2 Å². The first-order valence-corrected chi connectivity index (χ1v) is 19.6. The van der Waals surface area contributed by atoms with Gasteiger partial charge < -0.3 is 14.4 Å². The summed E-state index contributed by atoms with van der Waals surface area (Å²) in [4.78, 5) is 37.3. The molecule has 2 fully saturated rings. The fourth-order valence-electron chi connectivity index (χ4n) is 8.71. The Labute approximate surface area is 298 Å². The lowest BCUT2D eigenvalue weighted by Crippen LogP contribution is -2.47. The van der Waals surface area contributed by atoms with E-state index in [2.05, 4.69) is 48.2 Å². The van der Waals surface area contributed by atoms with Crippen molar-refractivity contribution in [2.45, 2.75) is 62.9 Å². The van der Waals surface area contributed by atoms with Gasteiger partial charge in [0, 0.05) is 55.0 Å². The number of carbonyl (C=O) groups excluding carboxylic acids is 2. The van der Waals surface area contributed by atoms with E-state index in [-0.39, 0.29) is 29.1 Å². The van der Waals surface area contributed by atoms with Crippen molar-refractivity contribution in [3.63, 3.8) is 0 Å². The Kier molecular flexibility index (Phi) is 8.72. The maximum absolute atomic E-state index is 14.2. The number of benzene rings is 2. The highest BCUT2D eigenvalue weighted by atomic mass is 35.5. The van der Waals surface area contributed by atoms with Crippen molar-refractivity contribution in [3.8, 4) is 5.75 Å². The Morgan fingerprint density at radius 2 is 2.02 bits per heavy atom. The number of fused-ring (bicyclic) bond motifs is 4. The van der Waals surface area contributed by atoms with Crippen molar-refractivity contribution in [1.82, 2.24) is 14.7 Å². The molecule has 6 atom stereocenters. The van der Waals surface area contributed by atoms with Gasteiger partial charge in [0.1, 0.15) is 22.0 Å². The van der Waals surface area contributed by atoms with Gasteiger partial charge in [0.05, 0.1) is 24.2 Å². The van der Waals surface area contributed by atoms with Crippen LogP contribution in [0.2, 0.25) is 5.02 Å². The number of ether oxygens (including phenoxy) is 2. The predicted octanol–water partition coefficient (Wildman–Crippen LogP) is 5.88. The molecule has 50 heavy (non-hydrogen) atoms. The van der Waals surface area contributed by atoms with E-state index in [1.165, 1.54) is 17.5 Å². The van der Waals surface area contributed by atoms with Gasteiger partial charge in [0.2, 0.25) is 5.91 Å². The maximum atomic E-state index is 14.2. The third kappa shape index (κ3) is 6.32. The number of amides is 2. The summed E-state index contributed by atoms with van der Waals surface area (Å²) < 4.78 is 33.8. The summed E-state index contributed by atoms with van der Waals surface area (Å²) in [6.07, 6.45) is 14.6. The average Bonchev–Trinajstić information content (AvgIpc) is 3.99. The van der Waals surface area contributed by atoms with Crippen molar-refractivity contribution >= 4 is 39.0 Å². The van der Waals surface area contributed by atoms with Crippen LogP contribution >= 0.6 is 11.6 Å². The standard InChI is InChI=1S/C38H42ClN5O5S/c1-48-33-7-3-2-4-15-50(47,42-34(45)13-8-25-19-40-24-41-20-25)43-36(46)27-9-12-32-31(17-27)44(22-38-18-30(38)35(33)38)21-37(23-49-32)14-5-6-26-16-28(39)10-11-29(26)37/h3,7,9-12,16-17,19-20,24,30,33,35H,2,4-6,8,13-15,18,21-23H2,1H3,(H,42,43,45,46,47)/b7-3+/t30?,33-,35-,37-,38-,50?/m0/s1. The zero-order valence-electron chi connectivity index (χ0n) is 28.2. The fourth-order valence-corrected chi connectivity index (χ4v) is 10.5. The van der Waals surface area contributed by atoms with Crippen molar-refractivity contribution in [2.75, 3.05) is 37.5 Å². The van der Waals surface area contributed by atoms with Crippen LogP contribution in [0.15, 0.2) is 71.6 Å². The highest BCUT2D eigenvalue weighted by molar-refractivity contribution is 7.92. The minimum atomic E-state index is -3.42. The second-order valence-corrected chi connectivity index (χ2v) is 17.1. The lowest BCUT2D eigenvalue weighted by atomic mass is 9.70. The van der Waals surface area contributed by atoms with Crippen molar-refractivity contribution < 1.29 is 23.3 Å². The number of methoxy groups -OCH3 is 1. The number of carbonyl (C=O) groups is 2. The molecule has 2 unspecified atom stereocenters. The molecule has 262 valence electrons. The molecule has 2 bridgehead atoms.